The molecule has 184 valence electrons. The Morgan fingerprint density at radius 3 is 2.53 bits per heavy atom. The third kappa shape index (κ3) is 6.07. The van der Waals surface area contributed by atoms with Crippen LogP contribution in [-0.2, 0) is 15.5 Å². The van der Waals surface area contributed by atoms with Crippen LogP contribution in [0.5, 0.6) is 0 Å². The Morgan fingerprint density at radius 1 is 1.08 bits per heavy atom. The number of allylic oxidation sites excluding steroid dienone is 1. The predicted octanol–water partition coefficient (Wildman–Crippen LogP) is 6.16. The molecule has 4 rings (SSSR count). The number of thiazole rings is 1. The zero-order valence-electron chi connectivity index (χ0n) is 19.2. The van der Waals surface area contributed by atoms with E-state index in [-0.39, 0.29) is 0 Å². The van der Waals surface area contributed by atoms with Crippen LogP contribution < -0.4 is 5.32 Å². The minimum Gasteiger partial charge on any atom is -0.339 e. The van der Waals surface area contributed by atoms with Crippen LogP contribution in [0.25, 0.3) is 27.4 Å². The van der Waals surface area contributed by atoms with E-state index in [1.165, 1.54) is 18.2 Å². The van der Waals surface area contributed by atoms with Gasteiger partial charge in [0, 0.05) is 6.08 Å². The molecule has 0 saturated carbocycles. The molecule has 0 aliphatic carbocycles. The molecule has 4 aromatic rings. The number of hydrogen-bond donors (Lipinski definition) is 2. The summed E-state index contributed by atoms with van der Waals surface area (Å²) in [4.78, 5) is 16.2. The van der Waals surface area contributed by atoms with Crippen LogP contribution in [-0.4, -0.2) is 25.2 Å². The molecule has 1 amide bonds. The molecule has 0 bridgehead atoms. The summed E-state index contributed by atoms with van der Waals surface area (Å²) in [6, 6.07) is 18.2. The lowest BCUT2D eigenvalue weighted by molar-refractivity contribution is -0.116. The molecule has 0 radical (unpaired) electrons. The second-order valence-electron chi connectivity index (χ2n) is 7.85. The van der Waals surface area contributed by atoms with Gasteiger partial charge in [-0.3, -0.25) is 4.79 Å². The van der Waals surface area contributed by atoms with Crippen LogP contribution in [0.15, 0.2) is 72.3 Å². The van der Waals surface area contributed by atoms with Crippen molar-refractivity contribution in [1.29, 1.82) is 0 Å². The fourth-order valence-electron chi connectivity index (χ4n) is 3.90. The van der Waals surface area contributed by atoms with Crippen molar-refractivity contribution in [2.45, 2.75) is 13.3 Å². The Kier molecular flexibility index (Phi) is 8.30. The highest BCUT2D eigenvalue weighted by Crippen LogP contribution is 2.38. The van der Waals surface area contributed by atoms with Gasteiger partial charge in [-0.15, -0.1) is 11.3 Å². The molecule has 1 N–H and O–H groups in total. The van der Waals surface area contributed by atoms with Crippen LogP contribution in [0.4, 0.5) is 4.39 Å². The van der Waals surface area contributed by atoms with Crippen LogP contribution in [0, 0.1) is 5.82 Å². The zero-order valence-corrected chi connectivity index (χ0v) is 21.7. The highest BCUT2D eigenvalue weighted by atomic mass is 35.5. The second-order valence-corrected chi connectivity index (χ2v) is 10.1. The molecular formula is C27H22ClFN2O3S2. The van der Waals surface area contributed by atoms with Crippen molar-refractivity contribution in [1.82, 2.24) is 10.3 Å². The number of carbonyl (C=O) groups excluding carboxylic acids is 1. The summed E-state index contributed by atoms with van der Waals surface area (Å²) in [5.41, 5.74) is 8.02. The molecule has 3 aromatic carbocycles. The van der Waals surface area contributed by atoms with E-state index >= 15 is 0 Å². The maximum Gasteiger partial charge on any atom is 0.244 e. The fraction of sp³-hybridized carbons (Fsp3) is 0.111. The minimum absolute atomic E-state index is 0.337. The zero-order chi connectivity index (χ0) is 25.7. The van der Waals surface area contributed by atoms with Crippen LogP contribution in [0.1, 0.15) is 35.6 Å². The summed E-state index contributed by atoms with van der Waals surface area (Å²) in [6.45, 7) is 2.03. The average molecular weight is 541 g/mol. The van der Waals surface area contributed by atoms with Gasteiger partial charge >= 0.3 is 0 Å². The van der Waals surface area contributed by atoms with E-state index < -0.39 is 28.3 Å². The predicted molar refractivity (Wildman–Crippen MR) is 146 cm³/mol. The number of thiol groups is 1. The fourth-order valence-corrected chi connectivity index (χ4v) is 5.12. The molecular weight excluding hydrogens is 519 g/mol. The van der Waals surface area contributed by atoms with Crippen molar-refractivity contribution in [3.8, 4) is 0 Å². The second kappa shape index (κ2) is 11.6. The lowest BCUT2D eigenvalue weighted by atomic mass is 9.87. The minimum atomic E-state index is -2.68. The Labute approximate surface area is 218 Å². The number of fused-ring (bicyclic) bond motifs is 1. The molecule has 0 aliphatic rings. The normalized spacial score (nSPS) is 12.3. The van der Waals surface area contributed by atoms with Crippen molar-refractivity contribution in [3.63, 3.8) is 0 Å². The smallest absolute Gasteiger partial charge is 0.244 e. The Morgan fingerprint density at radius 2 is 1.83 bits per heavy atom. The molecule has 1 aromatic heterocycles. The van der Waals surface area contributed by atoms with Crippen molar-refractivity contribution in [2.75, 3.05) is 5.88 Å². The number of carbonyl (C=O) groups is 1. The molecule has 5 nitrogen and oxygen atoms in total. The Hall–Kier alpha value is -3.33. The number of amides is 1. The summed E-state index contributed by atoms with van der Waals surface area (Å²) in [5.74, 6) is -1.29. The highest BCUT2D eigenvalue weighted by molar-refractivity contribution is 7.72. The van der Waals surface area contributed by atoms with E-state index in [0.29, 0.717) is 11.4 Å². The SMILES string of the molecule is CC/C(=C(/c1ccc(/C=C/C(=O)NC[SH](=O)=O)cc1)c1ccc2scnc2c1)c1ccc(F)cc1Cl. The first-order valence-electron chi connectivity index (χ1n) is 11.1. The lowest BCUT2D eigenvalue weighted by Gasteiger charge is -2.17. The van der Waals surface area contributed by atoms with Gasteiger partial charge in [-0.1, -0.05) is 54.9 Å². The third-order valence-electron chi connectivity index (χ3n) is 5.54. The van der Waals surface area contributed by atoms with Gasteiger partial charge in [0.2, 0.25) is 5.91 Å². The van der Waals surface area contributed by atoms with Crippen molar-refractivity contribution < 1.29 is 17.6 Å². The molecule has 0 aliphatic heterocycles. The molecule has 0 saturated heterocycles. The van der Waals surface area contributed by atoms with Crippen LogP contribution in [0.3, 0.4) is 0 Å². The van der Waals surface area contributed by atoms with E-state index in [9.17, 15) is 17.6 Å². The van der Waals surface area contributed by atoms with Crippen LogP contribution >= 0.6 is 22.9 Å². The number of rotatable bonds is 8. The van der Waals surface area contributed by atoms with Crippen molar-refractivity contribution in [2.24, 2.45) is 0 Å². The van der Waals surface area contributed by atoms with Gasteiger partial charge in [0.25, 0.3) is 0 Å². The molecule has 9 heteroatoms. The van der Waals surface area contributed by atoms with E-state index in [2.05, 4.69) is 10.3 Å². The first-order valence-corrected chi connectivity index (χ1v) is 13.7. The molecule has 0 spiro atoms. The maximum atomic E-state index is 13.8. The molecule has 0 unspecified atom stereocenters. The van der Waals surface area contributed by atoms with Gasteiger partial charge in [-0.25, -0.2) is 17.8 Å². The quantitative estimate of drug-likeness (QED) is 0.159. The van der Waals surface area contributed by atoms with E-state index in [1.54, 1.807) is 23.5 Å². The van der Waals surface area contributed by atoms with Gasteiger partial charge in [0.05, 0.1) is 20.7 Å². The van der Waals surface area contributed by atoms with Gasteiger partial charge in [0.15, 0.2) is 10.7 Å². The first kappa shape index (κ1) is 25.8. The maximum absolute atomic E-state index is 13.8. The molecule has 0 fully saturated rings. The Balaban J connectivity index is 1.78. The van der Waals surface area contributed by atoms with Crippen molar-refractivity contribution >= 4 is 67.0 Å². The van der Waals surface area contributed by atoms with Crippen molar-refractivity contribution in [3.05, 3.63) is 105 Å². The molecule has 1 heterocycles. The molecule has 0 atom stereocenters. The number of hydrogen-bond acceptors (Lipinski definition) is 5. The topological polar surface area (TPSA) is 76.1 Å². The number of nitrogens with zero attached hydrogens (tertiary/aromatic N) is 1. The standard InChI is InChI=1S/C27H22ClFN2O3S2/c1-2-21(22-10-9-20(29)14-23(22)28)27(19-8-11-25-24(13-19)30-15-35-25)18-6-3-17(4-7-18)5-12-26(32)31-16-36(33)34/h3-15,36H,2,16H2,1H3,(H,31,32)/b12-5+,27-21+. The summed E-state index contributed by atoms with van der Waals surface area (Å²) >= 11 is 8.04. The summed E-state index contributed by atoms with van der Waals surface area (Å²) in [5, 5.41) is 2.63. The van der Waals surface area contributed by atoms with E-state index in [4.69, 9.17) is 11.6 Å². The monoisotopic (exact) mass is 540 g/mol. The van der Waals surface area contributed by atoms with Gasteiger partial charge in [-0.05, 0) is 70.2 Å². The number of halogens is 2. The summed E-state index contributed by atoms with van der Waals surface area (Å²) in [7, 11) is -2.68. The third-order valence-corrected chi connectivity index (χ3v) is 7.08. The van der Waals surface area contributed by atoms with E-state index in [0.717, 1.165) is 43.6 Å². The summed E-state index contributed by atoms with van der Waals surface area (Å²) in [6.07, 6.45) is 3.55. The number of aromatic nitrogens is 1. The largest absolute Gasteiger partial charge is 0.339 e. The number of benzene rings is 3. The Bertz CT molecular complexity index is 1550. The van der Waals surface area contributed by atoms with Crippen LogP contribution in [0.2, 0.25) is 5.02 Å². The molecule has 36 heavy (non-hydrogen) atoms. The summed E-state index contributed by atoms with van der Waals surface area (Å²) < 4.78 is 36.1. The van der Waals surface area contributed by atoms with E-state index in [1.807, 2.05) is 54.9 Å². The van der Waals surface area contributed by atoms with Gasteiger partial charge in [0.1, 0.15) is 11.7 Å². The highest BCUT2D eigenvalue weighted by Gasteiger charge is 2.16. The average Bonchev–Trinajstić information content (AvgIpc) is 3.34. The first-order chi connectivity index (χ1) is 17.4. The van der Waals surface area contributed by atoms with Gasteiger partial charge < -0.3 is 5.32 Å². The van der Waals surface area contributed by atoms with Gasteiger partial charge in [-0.2, -0.15) is 0 Å². The number of nitrogens with one attached hydrogen (secondary N) is 1. The lowest BCUT2D eigenvalue weighted by Crippen LogP contribution is -2.22.